The largest absolute Gasteiger partial charge is 0.435 e. The van der Waals surface area contributed by atoms with E-state index in [1.807, 2.05) is 6.92 Å². The molecule has 1 aliphatic rings. The summed E-state index contributed by atoms with van der Waals surface area (Å²) in [5.74, 6) is -0.0195. The van der Waals surface area contributed by atoms with Gasteiger partial charge in [-0.2, -0.15) is 13.9 Å². The Bertz CT molecular complexity index is 986. The molecule has 0 spiro atoms. The van der Waals surface area contributed by atoms with Crippen LogP contribution < -0.4 is 15.0 Å². The highest BCUT2D eigenvalue weighted by atomic mass is 32.1. The molecule has 146 valence electrons. The van der Waals surface area contributed by atoms with Crippen molar-refractivity contribution in [3.63, 3.8) is 0 Å². The number of ether oxygens (including phenoxy) is 1. The van der Waals surface area contributed by atoms with Gasteiger partial charge < -0.3 is 10.1 Å². The van der Waals surface area contributed by atoms with Crippen LogP contribution in [-0.4, -0.2) is 33.8 Å². The first kappa shape index (κ1) is 18.4. The second-order valence-corrected chi connectivity index (χ2v) is 7.42. The van der Waals surface area contributed by atoms with Gasteiger partial charge in [-0.05, 0) is 37.3 Å². The quantitative estimate of drug-likeness (QED) is 0.679. The van der Waals surface area contributed by atoms with E-state index >= 15 is 0 Å². The van der Waals surface area contributed by atoms with E-state index in [4.69, 9.17) is 0 Å². The van der Waals surface area contributed by atoms with Gasteiger partial charge in [0.05, 0.1) is 18.8 Å². The molecule has 0 atom stereocenters. The maximum atomic E-state index is 12.8. The highest BCUT2D eigenvalue weighted by molar-refractivity contribution is 7.15. The van der Waals surface area contributed by atoms with E-state index in [0.717, 1.165) is 10.6 Å². The van der Waals surface area contributed by atoms with Crippen molar-refractivity contribution in [2.75, 3.05) is 16.8 Å². The number of anilines is 2. The zero-order chi connectivity index (χ0) is 19.7. The maximum absolute atomic E-state index is 12.8. The van der Waals surface area contributed by atoms with Crippen molar-refractivity contribution in [2.45, 2.75) is 26.6 Å². The third-order valence-electron chi connectivity index (χ3n) is 4.22. The van der Waals surface area contributed by atoms with Crippen molar-refractivity contribution >= 4 is 28.1 Å². The summed E-state index contributed by atoms with van der Waals surface area (Å²) in [6, 6.07) is 7.97. The first-order chi connectivity index (χ1) is 13.5. The minimum atomic E-state index is -2.85. The third kappa shape index (κ3) is 3.81. The minimum absolute atomic E-state index is 0.0983. The van der Waals surface area contributed by atoms with Gasteiger partial charge in [0.2, 0.25) is 0 Å². The second-order valence-electron chi connectivity index (χ2n) is 6.21. The Labute approximate surface area is 163 Å². The molecule has 7 nitrogen and oxygen atoms in total. The summed E-state index contributed by atoms with van der Waals surface area (Å²) in [5, 5.41) is 8.33. The van der Waals surface area contributed by atoms with Crippen LogP contribution in [-0.2, 0) is 13.1 Å². The van der Waals surface area contributed by atoms with Crippen LogP contribution in [0.4, 0.5) is 19.6 Å². The van der Waals surface area contributed by atoms with Gasteiger partial charge in [0.25, 0.3) is 5.91 Å². The molecule has 0 saturated carbocycles. The molecular weight excluding hydrogens is 388 g/mol. The van der Waals surface area contributed by atoms with Gasteiger partial charge >= 0.3 is 6.61 Å². The topological polar surface area (TPSA) is 72.3 Å². The molecule has 0 saturated heterocycles. The lowest BCUT2D eigenvalue weighted by Crippen LogP contribution is -2.40. The number of carbonyl (C=O) groups is 1. The molecule has 4 rings (SSSR count). The molecule has 28 heavy (non-hydrogen) atoms. The predicted molar refractivity (Wildman–Crippen MR) is 101 cm³/mol. The highest BCUT2D eigenvalue weighted by Crippen LogP contribution is 2.26. The van der Waals surface area contributed by atoms with E-state index in [9.17, 15) is 13.6 Å². The maximum Gasteiger partial charge on any atom is 0.387 e. The number of amides is 1. The Kier molecular flexibility index (Phi) is 4.95. The number of aryl methyl sites for hydroxylation is 1. The van der Waals surface area contributed by atoms with Crippen LogP contribution in [0.2, 0.25) is 0 Å². The predicted octanol–water partition coefficient (Wildman–Crippen LogP) is 3.52. The van der Waals surface area contributed by atoms with Gasteiger partial charge in [0.1, 0.15) is 11.4 Å². The summed E-state index contributed by atoms with van der Waals surface area (Å²) in [5.41, 5.74) is 1.98. The van der Waals surface area contributed by atoms with E-state index in [2.05, 4.69) is 20.1 Å². The second kappa shape index (κ2) is 7.55. The smallest absolute Gasteiger partial charge is 0.387 e. The zero-order valence-electron chi connectivity index (χ0n) is 14.9. The first-order valence-electron chi connectivity index (χ1n) is 8.59. The van der Waals surface area contributed by atoms with Crippen molar-refractivity contribution in [3.05, 3.63) is 52.8 Å². The number of nitrogens with one attached hydrogen (secondary N) is 1. The first-order valence-corrected chi connectivity index (χ1v) is 9.41. The van der Waals surface area contributed by atoms with E-state index < -0.39 is 6.61 Å². The number of carbonyl (C=O) groups excluding carboxylic acids is 1. The number of fused-ring (bicyclic) bond motifs is 1. The van der Waals surface area contributed by atoms with Gasteiger partial charge in [-0.25, -0.2) is 4.98 Å². The lowest BCUT2D eigenvalue weighted by molar-refractivity contribution is -0.0498. The van der Waals surface area contributed by atoms with Crippen molar-refractivity contribution in [1.82, 2.24) is 14.8 Å². The Morgan fingerprint density at radius 3 is 2.75 bits per heavy atom. The molecule has 2 aromatic heterocycles. The minimum Gasteiger partial charge on any atom is -0.435 e. The molecular formula is C18H17F2N5O2S. The summed E-state index contributed by atoms with van der Waals surface area (Å²) < 4.78 is 30.4. The fourth-order valence-corrected chi connectivity index (χ4v) is 3.71. The number of alkyl halides is 2. The van der Waals surface area contributed by atoms with Crippen molar-refractivity contribution < 1.29 is 18.3 Å². The third-order valence-corrected chi connectivity index (χ3v) is 5.16. The van der Waals surface area contributed by atoms with E-state index in [1.165, 1.54) is 23.5 Å². The fraction of sp³-hybridized carbons (Fsp3) is 0.278. The van der Waals surface area contributed by atoms with E-state index in [-0.39, 0.29) is 11.7 Å². The number of halogens is 2. The Morgan fingerprint density at radius 1 is 1.29 bits per heavy atom. The summed E-state index contributed by atoms with van der Waals surface area (Å²) in [4.78, 5) is 19.8. The standard InChI is InChI=1S/C18H17F2N5O2S/c1-11-9-22-18(28-11)24-6-7-25-15(16(24)26)8-13(23-25)10-21-12-2-4-14(5-3-12)27-17(19)20/h2-5,8-9,17,21H,6-7,10H2,1H3. The lowest BCUT2D eigenvalue weighted by Gasteiger charge is -2.24. The number of hydrogen-bond acceptors (Lipinski definition) is 6. The normalized spacial score (nSPS) is 13.7. The molecule has 1 aromatic carbocycles. The summed E-state index contributed by atoms with van der Waals surface area (Å²) in [7, 11) is 0. The van der Waals surface area contributed by atoms with Crippen LogP contribution in [0.3, 0.4) is 0 Å². The monoisotopic (exact) mass is 405 g/mol. The average Bonchev–Trinajstić information content (AvgIpc) is 3.27. The van der Waals surface area contributed by atoms with Crippen molar-refractivity contribution in [3.8, 4) is 5.75 Å². The number of aromatic nitrogens is 3. The highest BCUT2D eigenvalue weighted by Gasteiger charge is 2.29. The zero-order valence-corrected chi connectivity index (χ0v) is 15.7. The Balaban J connectivity index is 1.42. The van der Waals surface area contributed by atoms with Crippen molar-refractivity contribution in [1.29, 1.82) is 0 Å². The SMILES string of the molecule is Cc1cnc(N2CCn3nc(CNc4ccc(OC(F)F)cc4)cc3C2=O)s1. The van der Waals surface area contributed by atoms with Crippen LogP contribution in [0.5, 0.6) is 5.75 Å². The van der Waals surface area contributed by atoms with Crippen LogP contribution >= 0.6 is 11.3 Å². The molecule has 0 fully saturated rings. The molecule has 0 radical (unpaired) electrons. The molecule has 0 bridgehead atoms. The molecule has 1 amide bonds. The van der Waals surface area contributed by atoms with Gasteiger partial charge in [0, 0.05) is 23.3 Å². The van der Waals surface area contributed by atoms with Gasteiger partial charge in [-0.3, -0.25) is 14.4 Å². The van der Waals surface area contributed by atoms with Crippen molar-refractivity contribution in [2.24, 2.45) is 0 Å². The fourth-order valence-electron chi connectivity index (χ4n) is 2.93. The number of nitrogens with zero attached hydrogens (tertiary/aromatic N) is 4. The van der Waals surface area contributed by atoms with Crippen LogP contribution in [0.1, 0.15) is 21.1 Å². The molecule has 1 aliphatic heterocycles. The van der Waals surface area contributed by atoms with Crippen LogP contribution in [0.15, 0.2) is 36.5 Å². The van der Waals surface area contributed by atoms with Gasteiger partial charge in [-0.1, -0.05) is 0 Å². The summed E-state index contributed by atoms with van der Waals surface area (Å²) in [6.07, 6.45) is 1.76. The molecule has 0 aliphatic carbocycles. The Hall–Kier alpha value is -3.01. The van der Waals surface area contributed by atoms with Crippen LogP contribution in [0.25, 0.3) is 0 Å². The summed E-state index contributed by atoms with van der Waals surface area (Å²) in [6.45, 7) is 0.633. The summed E-state index contributed by atoms with van der Waals surface area (Å²) >= 11 is 1.49. The van der Waals surface area contributed by atoms with Crippen LogP contribution in [0, 0.1) is 6.92 Å². The lowest BCUT2D eigenvalue weighted by atomic mass is 10.2. The van der Waals surface area contributed by atoms with E-state index in [0.29, 0.717) is 36.2 Å². The number of rotatable bonds is 6. The Morgan fingerprint density at radius 2 is 2.07 bits per heavy atom. The van der Waals surface area contributed by atoms with Gasteiger partial charge in [0.15, 0.2) is 5.13 Å². The number of benzene rings is 1. The molecule has 3 aromatic rings. The molecule has 10 heteroatoms. The number of hydrogen-bond donors (Lipinski definition) is 1. The van der Waals surface area contributed by atoms with E-state index in [1.54, 1.807) is 34.0 Å². The number of thiazole rings is 1. The molecule has 0 unspecified atom stereocenters. The molecule has 3 heterocycles. The molecule has 1 N–H and O–H groups in total. The average molecular weight is 405 g/mol. The van der Waals surface area contributed by atoms with Gasteiger partial charge in [-0.15, -0.1) is 11.3 Å².